The maximum Gasteiger partial charge on any atom is 0.0636 e. The monoisotopic (exact) mass is 168 g/mol. The Morgan fingerprint density at radius 1 is 0.538 bits per heavy atom. The smallest absolute Gasteiger partial charge is 0.0636 e. The summed E-state index contributed by atoms with van der Waals surface area (Å²) in [5, 5.41) is 4.44. The molecule has 0 aliphatic rings. The van der Waals surface area contributed by atoms with E-state index in [1.807, 2.05) is 60.7 Å². The van der Waals surface area contributed by atoms with Crippen molar-refractivity contribution in [3.63, 3.8) is 0 Å². The summed E-state index contributed by atoms with van der Waals surface area (Å²) in [7, 11) is 0. The Kier molecular flexibility index (Phi) is 2.28. The zero-order valence-corrected chi connectivity index (χ0v) is 7.22. The van der Waals surface area contributed by atoms with E-state index in [0.29, 0.717) is 0 Å². The van der Waals surface area contributed by atoms with Crippen LogP contribution in [0.3, 0.4) is 0 Å². The molecule has 2 aromatic carbocycles. The average molecular weight is 168 g/mol. The molecule has 0 bridgehead atoms. The predicted molar refractivity (Wildman–Crippen MR) is 54.3 cm³/mol. The van der Waals surface area contributed by atoms with E-state index in [0.717, 1.165) is 11.4 Å². The van der Waals surface area contributed by atoms with Gasteiger partial charge in [-0.3, -0.25) is 0 Å². The molecular weight excluding hydrogens is 158 g/mol. The number of hydrogen-bond acceptors (Lipinski definition) is 0. The van der Waals surface area contributed by atoms with Gasteiger partial charge in [0, 0.05) is 0 Å². The highest BCUT2D eigenvalue weighted by Gasteiger charge is 1.92. The molecule has 0 amide bonds. The van der Waals surface area contributed by atoms with Gasteiger partial charge in [0.1, 0.15) is 0 Å². The molecule has 0 N–H and O–H groups in total. The van der Waals surface area contributed by atoms with Crippen LogP contribution in [0.5, 0.6) is 0 Å². The van der Waals surface area contributed by atoms with Crippen LogP contribution in [0, 0.1) is 0 Å². The average Bonchev–Trinajstić information content (AvgIpc) is 2.21. The molecule has 0 heterocycles. The Labute approximate surface area is 78.0 Å². The largest absolute Gasteiger partial charge is 0.249 e. The Bertz CT molecular complexity index is 316. The number of nitrogens with zero attached hydrogens (tertiary/aromatic N) is 1. The van der Waals surface area contributed by atoms with Gasteiger partial charge in [0.05, 0.1) is 11.4 Å². The van der Waals surface area contributed by atoms with Crippen molar-refractivity contribution in [2.75, 3.05) is 0 Å². The van der Waals surface area contributed by atoms with E-state index in [-0.39, 0.29) is 0 Å². The zero-order chi connectivity index (χ0) is 8.93. The van der Waals surface area contributed by atoms with Crippen LogP contribution in [0.1, 0.15) is 0 Å². The lowest BCUT2D eigenvalue weighted by Crippen LogP contribution is -1.86. The van der Waals surface area contributed by atoms with Crippen LogP contribution in [-0.2, 0) is 0 Å². The van der Waals surface area contributed by atoms with Gasteiger partial charge in [-0.15, -0.1) is 0 Å². The highest BCUT2D eigenvalue weighted by Crippen LogP contribution is 2.14. The van der Waals surface area contributed by atoms with Gasteiger partial charge in [0.25, 0.3) is 0 Å². The van der Waals surface area contributed by atoms with Crippen molar-refractivity contribution in [3.8, 4) is 0 Å². The quantitative estimate of drug-likeness (QED) is 0.653. The molecule has 63 valence electrons. The van der Waals surface area contributed by atoms with Crippen molar-refractivity contribution in [3.05, 3.63) is 60.7 Å². The highest BCUT2D eigenvalue weighted by molar-refractivity contribution is 5.47. The summed E-state index contributed by atoms with van der Waals surface area (Å²) in [6.45, 7) is 0. The third kappa shape index (κ3) is 2.09. The van der Waals surface area contributed by atoms with Crippen molar-refractivity contribution in [1.29, 1.82) is 0 Å². The molecule has 0 spiro atoms. The van der Waals surface area contributed by atoms with E-state index < -0.39 is 0 Å². The molecule has 0 saturated heterocycles. The first-order valence-electron chi connectivity index (χ1n) is 4.27. The first kappa shape index (κ1) is 7.87. The van der Waals surface area contributed by atoms with E-state index >= 15 is 0 Å². The first-order valence-corrected chi connectivity index (χ1v) is 4.27. The molecule has 0 saturated carbocycles. The molecular formula is C12H10N. The van der Waals surface area contributed by atoms with Gasteiger partial charge in [-0.1, -0.05) is 36.4 Å². The minimum atomic E-state index is 0.994. The lowest BCUT2D eigenvalue weighted by Gasteiger charge is -2.00. The number of hydrogen-bond donors (Lipinski definition) is 0. The van der Waals surface area contributed by atoms with Gasteiger partial charge < -0.3 is 0 Å². The van der Waals surface area contributed by atoms with E-state index in [2.05, 4.69) is 5.32 Å². The van der Waals surface area contributed by atoms with E-state index in [4.69, 9.17) is 0 Å². The van der Waals surface area contributed by atoms with Crippen LogP contribution in [0.15, 0.2) is 60.7 Å². The van der Waals surface area contributed by atoms with Crippen molar-refractivity contribution in [2.24, 2.45) is 0 Å². The second-order valence-corrected chi connectivity index (χ2v) is 2.78. The van der Waals surface area contributed by atoms with E-state index in [1.54, 1.807) is 0 Å². The molecule has 2 rings (SSSR count). The maximum atomic E-state index is 4.44. The minimum absolute atomic E-state index is 0.994. The number of rotatable bonds is 2. The van der Waals surface area contributed by atoms with Crippen LogP contribution in [-0.4, -0.2) is 0 Å². The molecule has 0 unspecified atom stereocenters. The summed E-state index contributed by atoms with van der Waals surface area (Å²) >= 11 is 0. The van der Waals surface area contributed by atoms with Gasteiger partial charge in [0.15, 0.2) is 0 Å². The van der Waals surface area contributed by atoms with Crippen molar-refractivity contribution in [1.82, 2.24) is 5.32 Å². The molecule has 0 aliphatic heterocycles. The van der Waals surface area contributed by atoms with Crippen molar-refractivity contribution >= 4 is 11.4 Å². The number of para-hydroxylation sites is 2. The Morgan fingerprint density at radius 2 is 0.923 bits per heavy atom. The fourth-order valence-corrected chi connectivity index (χ4v) is 1.15. The molecule has 0 aliphatic carbocycles. The van der Waals surface area contributed by atoms with Gasteiger partial charge in [-0.25, -0.2) is 5.32 Å². The molecule has 0 aromatic heterocycles. The van der Waals surface area contributed by atoms with Crippen molar-refractivity contribution in [2.45, 2.75) is 0 Å². The lowest BCUT2D eigenvalue weighted by molar-refractivity contribution is 1.19. The van der Waals surface area contributed by atoms with Crippen LogP contribution in [0.2, 0.25) is 0 Å². The van der Waals surface area contributed by atoms with Crippen LogP contribution < -0.4 is 5.32 Å². The SMILES string of the molecule is c1ccc([N]c2ccccc2)cc1. The third-order valence-electron chi connectivity index (χ3n) is 1.77. The second kappa shape index (κ2) is 3.76. The summed E-state index contributed by atoms with van der Waals surface area (Å²) in [6, 6.07) is 19.9. The third-order valence-corrected chi connectivity index (χ3v) is 1.77. The van der Waals surface area contributed by atoms with Crippen molar-refractivity contribution < 1.29 is 0 Å². The van der Waals surface area contributed by atoms with E-state index in [9.17, 15) is 0 Å². The van der Waals surface area contributed by atoms with Gasteiger partial charge in [0.2, 0.25) is 0 Å². The standard InChI is InChI=1S/C12H10N/c1-3-7-11(8-4-1)13-12-9-5-2-6-10-12/h1-10H. The highest BCUT2D eigenvalue weighted by atomic mass is 14.9. The Morgan fingerprint density at radius 3 is 1.31 bits per heavy atom. The summed E-state index contributed by atoms with van der Waals surface area (Å²) in [4.78, 5) is 0. The molecule has 0 fully saturated rings. The van der Waals surface area contributed by atoms with Crippen LogP contribution in [0.25, 0.3) is 0 Å². The maximum absolute atomic E-state index is 4.44. The molecule has 0 atom stereocenters. The first-order chi connectivity index (χ1) is 6.45. The fourth-order valence-electron chi connectivity index (χ4n) is 1.15. The lowest BCUT2D eigenvalue weighted by atomic mass is 10.3. The zero-order valence-electron chi connectivity index (χ0n) is 7.22. The topological polar surface area (TPSA) is 14.1 Å². The van der Waals surface area contributed by atoms with Crippen LogP contribution in [0.4, 0.5) is 11.4 Å². The van der Waals surface area contributed by atoms with Crippen LogP contribution >= 0.6 is 0 Å². The van der Waals surface area contributed by atoms with Gasteiger partial charge >= 0.3 is 0 Å². The Hall–Kier alpha value is -1.76. The number of benzene rings is 2. The fraction of sp³-hybridized carbons (Fsp3) is 0. The molecule has 1 radical (unpaired) electrons. The van der Waals surface area contributed by atoms with E-state index in [1.165, 1.54) is 0 Å². The normalized spacial score (nSPS) is 9.54. The molecule has 2 aromatic rings. The van der Waals surface area contributed by atoms with Gasteiger partial charge in [-0.2, -0.15) is 0 Å². The molecule has 13 heavy (non-hydrogen) atoms. The second-order valence-electron chi connectivity index (χ2n) is 2.78. The van der Waals surface area contributed by atoms with Gasteiger partial charge in [-0.05, 0) is 24.3 Å². The predicted octanol–water partition coefficient (Wildman–Crippen LogP) is 3.25. The summed E-state index contributed by atoms with van der Waals surface area (Å²) < 4.78 is 0. The summed E-state index contributed by atoms with van der Waals surface area (Å²) in [5.41, 5.74) is 1.99. The molecule has 1 heteroatoms. The summed E-state index contributed by atoms with van der Waals surface area (Å²) in [5.74, 6) is 0. The molecule has 1 nitrogen and oxygen atoms in total. The Balaban J connectivity index is 2.16. The summed E-state index contributed by atoms with van der Waals surface area (Å²) in [6.07, 6.45) is 0. The minimum Gasteiger partial charge on any atom is -0.249 e.